The number of hydrogen-bond donors (Lipinski definition) is 0. The third-order valence-corrected chi connectivity index (χ3v) is 3.38. The van der Waals surface area contributed by atoms with Gasteiger partial charge >= 0.3 is 0 Å². The fraction of sp³-hybridized carbons (Fsp3) is 0.333. The molecule has 96 valence electrons. The molecule has 0 N–H and O–H groups in total. The van der Waals surface area contributed by atoms with Crippen LogP contribution in [0.3, 0.4) is 0 Å². The van der Waals surface area contributed by atoms with Crippen LogP contribution in [0.1, 0.15) is 18.1 Å². The van der Waals surface area contributed by atoms with E-state index >= 15 is 0 Å². The normalized spacial score (nSPS) is 10.7. The van der Waals surface area contributed by atoms with E-state index in [4.69, 9.17) is 21.1 Å². The Bertz CT molecular complexity index is 564. The van der Waals surface area contributed by atoms with Crippen LogP contribution in [0.15, 0.2) is 24.3 Å². The molecule has 2 aromatic carbocycles. The Morgan fingerprint density at radius 3 is 2.22 bits per heavy atom. The van der Waals surface area contributed by atoms with Gasteiger partial charge in [-0.25, -0.2) is 0 Å². The van der Waals surface area contributed by atoms with E-state index in [1.807, 2.05) is 38.1 Å². The van der Waals surface area contributed by atoms with Gasteiger partial charge in [0.25, 0.3) is 0 Å². The summed E-state index contributed by atoms with van der Waals surface area (Å²) in [6, 6.07) is 8.08. The number of ether oxygens (including phenoxy) is 2. The van der Waals surface area contributed by atoms with Crippen LogP contribution >= 0.6 is 11.6 Å². The molecule has 0 heterocycles. The third kappa shape index (κ3) is 2.01. The van der Waals surface area contributed by atoms with E-state index < -0.39 is 0 Å². The second kappa shape index (κ2) is 5.49. The molecule has 0 bridgehead atoms. The summed E-state index contributed by atoms with van der Waals surface area (Å²) in [7, 11) is 1.68. The van der Waals surface area contributed by atoms with Crippen LogP contribution in [0, 0.1) is 6.92 Å². The van der Waals surface area contributed by atoms with Gasteiger partial charge in [-0.3, -0.25) is 0 Å². The molecule has 0 fully saturated rings. The van der Waals surface area contributed by atoms with Crippen molar-refractivity contribution >= 4 is 22.4 Å². The van der Waals surface area contributed by atoms with Gasteiger partial charge in [-0.1, -0.05) is 24.3 Å². The van der Waals surface area contributed by atoms with Crippen molar-refractivity contribution in [3.05, 3.63) is 35.4 Å². The van der Waals surface area contributed by atoms with E-state index in [1.165, 1.54) is 0 Å². The number of fused-ring (bicyclic) bond motifs is 1. The lowest BCUT2D eigenvalue weighted by Gasteiger charge is -2.18. The maximum atomic E-state index is 6.05. The van der Waals surface area contributed by atoms with E-state index in [-0.39, 0.29) is 0 Å². The molecular formula is C15H17ClO2. The molecule has 0 radical (unpaired) electrons. The molecule has 0 aliphatic carbocycles. The van der Waals surface area contributed by atoms with Crippen LogP contribution in [0.2, 0.25) is 0 Å². The molecule has 0 atom stereocenters. The molecule has 0 aromatic heterocycles. The lowest BCUT2D eigenvalue weighted by molar-refractivity contribution is 0.340. The molecular weight excluding hydrogens is 248 g/mol. The molecule has 3 heteroatoms. The van der Waals surface area contributed by atoms with Crippen LogP contribution < -0.4 is 9.47 Å². The lowest BCUT2D eigenvalue weighted by atomic mass is 9.99. The van der Waals surface area contributed by atoms with E-state index in [1.54, 1.807) is 7.11 Å². The van der Waals surface area contributed by atoms with Crippen molar-refractivity contribution in [3.8, 4) is 11.5 Å². The quantitative estimate of drug-likeness (QED) is 0.767. The first-order valence-corrected chi connectivity index (χ1v) is 6.54. The van der Waals surface area contributed by atoms with Gasteiger partial charge in [0.2, 0.25) is 0 Å². The van der Waals surface area contributed by atoms with Gasteiger partial charge in [0.05, 0.1) is 19.6 Å². The molecule has 0 saturated heterocycles. The molecule has 0 saturated carbocycles. The summed E-state index contributed by atoms with van der Waals surface area (Å²) in [6.45, 7) is 4.65. The number of methoxy groups -OCH3 is 1. The molecule has 2 aromatic rings. The average molecular weight is 265 g/mol. The molecule has 2 rings (SSSR count). The van der Waals surface area contributed by atoms with Gasteiger partial charge in [-0.2, -0.15) is 0 Å². The number of hydrogen-bond acceptors (Lipinski definition) is 2. The minimum atomic E-state index is 0.417. The van der Waals surface area contributed by atoms with Gasteiger partial charge < -0.3 is 9.47 Å². The molecule has 0 unspecified atom stereocenters. The highest BCUT2D eigenvalue weighted by atomic mass is 35.5. The predicted molar refractivity (Wildman–Crippen MR) is 76.0 cm³/mol. The van der Waals surface area contributed by atoms with E-state index in [0.717, 1.165) is 33.4 Å². The van der Waals surface area contributed by atoms with Crippen LogP contribution in [0.25, 0.3) is 10.8 Å². The van der Waals surface area contributed by atoms with Gasteiger partial charge in [-0.05, 0) is 19.4 Å². The SMILES string of the molecule is CCOc1c(C)c(CCl)c(OC)c2ccccc12. The monoisotopic (exact) mass is 264 g/mol. The highest BCUT2D eigenvalue weighted by Gasteiger charge is 2.17. The van der Waals surface area contributed by atoms with Crippen LogP contribution in [-0.4, -0.2) is 13.7 Å². The molecule has 2 nitrogen and oxygen atoms in total. The highest BCUT2D eigenvalue weighted by molar-refractivity contribution is 6.18. The van der Waals surface area contributed by atoms with Crippen LogP contribution in [0.5, 0.6) is 11.5 Å². The first kappa shape index (κ1) is 13.0. The third-order valence-electron chi connectivity index (χ3n) is 3.11. The highest BCUT2D eigenvalue weighted by Crippen LogP contribution is 2.40. The summed E-state index contributed by atoms with van der Waals surface area (Å²) in [5, 5.41) is 2.12. The lowest BCUT2D eigenvalue weighted by Crippen LogP contribution is -2.01. The number of halogens is 1. The Balaban J connectivity index is 2.86. The molecule has 0 aliphatic heterocycles. The van der Waals surface area contributed by atoms with Crippen molar-refractivity contribution in [1.29, 1.82) is 0 Å². The van der Waals surface area contributed by atoms with E-state index in [0.29, 0.717) is 12.5 Å². The molecule has 18 heavy (non-hydrogen) atoms. The molecule has 0 amide bonds. The fourth-order valence-corrected chi connectivity index (χ4v) is 2.60. The van der Waals surface area contributed by atoms with Gasteiger partial charge in [0, 0.05) is 16.3 Å². The smallest absolute Gasteiger partial charge is 0.131 e. The summed E-state index contributed by atoms with van der Waals surface area (Å²) in [4.78, 5) is 0. The second-order valence-corrected chi connectivity index (χ2v) is 4.35. The first-order chi connectivity index (χ1) is 8.74. The van der Waals surface area contributed by atoms with Crippen molar-refractivity contribution in [1.82, 2.24) is 0 Å². The summed E-state index contributed by atoms with van der Waals surface area (Å²) >= 11 is 6.05. The summed E-state index contributed by atoms with van der Waals surface area (Å²) in [6.07, 6.45) is 0. The standard InChI is InChI=1S/C15H17ClO2/c1-4-18-14-10(2)13(9-16)15(17-3)12-8-6-5-7-11(12)14/h5-8H,4,9H2,1-3H3. The van der Waals surface area contributed by atoms with Crippen molar-refractivity contribution in [2.24, 2.45) is 0 Å². The Morgan fingerprint density at radius 1 is 1.11 bits per heavy atom. The largest absolute Gasteiger partial charge is 0.496 e. The van der Waals surface area contributed by atoms with Gasteiger partial charge in [-0.15, -0.1) is 11.6 Å². The molecule has 0 spiro atoms. The predicted octanol–water partition coefficient (Wildman–Crippen LogP) is 4.29. The maximum absolute atomic E-state index is 6.05. The zero-order valence-corrected chi connectivity index (χ0v) is 11.7. The topological polar surface area (TPSA) is 18.5 Å². The van der Waals surface area contributed by atoms with Crippen LogP contribution in [0.4, 0.5) is 0 Å². The molecule has 0 aliphatic rings. The Kier molecular flexibility index (Phi) is 3.97. The number of benzene rings is 2. The van der Waals surface area contributed by atoms with Crippen LogP contribution in [-0.2, 0) is 5.88 Å². The minimum absolute atomic E-state index is 0.417. The average Bonchev–Trinajstić information content (AvgIpc) is 2.41. The van der Waals surface area contributed by atoms with E-state index in [2.05, 4.69) is 0 Å². The summed E-state index contributed by atoms with van der Waals surface area (Å²) < 4.78 is 11.3. The second-order valence-electron chi connectivity index (χ2n) is 4.08. The fourth-order valence-electron chi connectivity index (χ4n) is 2.28. The van der Waals surface area contributed by atoms with Gasteiger partial charge in [0.1, 0.15) is 11.5 Å². The summed E-state index contributed by atoms with van der Waals surface area (Å²) in [5.41, 5.74) is 2.06. The van der Waals surface area contributed by atoms with Crippen molar-refractivity contribution < 1.29 is 9.47 Å². The minimum Gasteiger partial charge on any atom is -0.496 e. The zero-order chi connectivity index (χ0) is 13.1. The first-order valence-electron chi connectivity index (χ1n) is 6.01. The zero-order valence-electron chi connectivity index (χ0n) is 10.9. The number of rotatable bonds is 4. The Morgan fingerprint density at radius 2 is 1.72 bits per heavy atom. The Hall–Kier alpha value is -1.41. The van der Waals surface area contributed by atoms with E-state index in [9.17, 15) is 0 Å². The van der Waals surface area contributed by atoms with Crippen molar-refractivity contribution in [2.75, 3.05) is 13.7 Å². The van der Waals surface area contributed by atoms with Crippen molar-refractivity contribution in [3.63, 3.8) is 0 Å². The summed E-state index contributed by atoms with van der Waals surface area (Å²) in [5.74, 6) is 2.17. The Labute approximate surface area is 112 Å². The van der Waals surface area contributed by atoms with Gasteiger partial charge in [0.15, 0.2) is 0 Å². The number of alkyl halides is 1. The van der Waals surface area contributed by atoms with Crippen molar-refractivity contribution in [2.45, 2.75) is 19.7 Å². The maximum Gasteiger partial charge on any atom is 0.131 e.